The van der Waals surface area contributed by atoms with Crippen LogP contribution in [0, 0.1) is 11.8 Å². The fourth-order valence-corrected chi connectivity index (χ4v) is 4.44. The van der Waals surface area contributed by atoms with E-state index in [2.05, 4.69) is 5.32 Å². The molecule has 2 unspecified atom stereocenters. The highest BCUT2D eigenvalue weighted by atomic mass is 16.5. The van der Waals surface area contributed by atoms with Crippen LogP contribution in [0.4, 0.5) is 11.4 Å². The van der Waals surface area contributed by atoms with Gasteiger partial charge in [0.2, 0.25) is 5.91 Å². The Hall–Kier alpha value is -3.15. The number of carbonyl (C=O) groups excluding carboxylic acids is 3. The first-order valence-corrected chi connectivity index (χ1v) is 10.5. The topological polar surface area (TPSA) is 75.7 Å². The summed E-state index contributed by atoms with van der Waals surface area (Å²) in [7, 11) is 0. The van der Waals surface area contributed by atoms with Crippen LogP contribution in [-0.4, -0.2) is 30.9 Å². The number of hydrogen-bond acceptors (Lipinski definition) is 4. The van der Waals surface area contributed by atoms with Crippen LogP contribution in [0.3, 0.4) is 0 Å². The zero-order valence-electron chi connectivity index (χ0n) is 16.9. The number of ether oxygens (including phenoxy) is 1. The number of carbonyl (C=O) groups is 3. The molecule has 1 N–H and O–H groups in total. The minimum Gasteiger partial charge on any atom is -0.455 e. The molecule has 1 saturated carbocycles. The first kappa shape index (κ1) is 20.1. The van der Waals surface area contributed by atoms with Crippen LogP contribution in [-0.2, 0) is 25.5 Å². The molecular weight excluding hydrogens is 380 g/mol. The zero-order valence-corrected chi connectivity index (χ0v) is 16.9. The second-order valence-electron chi connectivity index (χ2n) is 7.89. The van der Waals surface area contributed by atoms with E-state index in [9.17, 15) is 14.4 Å². The van der Waals surface area contributed by atoms with Crippen molar-refractivity contribution >= 4 is 29.2 Å². The molecule has 1 heterocycles. The molecule has 0 bridgehead atoms. The van der Waals surface area contributed by atoms with Crippen molar-refractivity contribution in [3.05, 3.63) is 60.2 Å². The monoisotopic (exact) mass is 406 g/mol. The van der Waals surface area contributed by atoms with Crippen LogP contribution in [0.15, 0.2) is 54.6 Å². The summed E-state index contributed by atoms with van der Waals surface area (Å²) in [5, 5.41) is 2.70. The summed E-state index contributed by atoms with van der Waals surface area (Å²) in [5.41, 5.74) is 2.76. The number of nitrogens with zero attached hydrogens (tertiary/aromatic N) is 1. The minimum atomic E-state index is -0.497. The average molecular weight is 406 g/mol. The Morgan fingerprint density at radius 1 is 0.933 bits per heavy atom. The van der Waals surface area contributed by atoms with Crippen LogP contribution in [0.25, 0.3) is 0 Å². The van der Waals surface area contributed by atoms with Crippen LogP contribution >= 0.6 is 0 Å². The van der Waals surface area contributed by atoms with Gasteiger partial charge >= 0.3 is 5.97 Å². The van der Waals surface area contributed by atoms with Gasteiger partial charge in [0.05, 0.1) is 11.8 Å². The van der Waals surface area contributed by atoms with E-state index in [-0.39, 0.29) is 18.4 Å². The lowest BCUT2D eigenvalue weighted by Crippen LogP contribution is -2.42. The van der Waals surface area contributed by atoms with Crippen LogP contribution < -0.4 is 10.2 Å². The van der Waals surface area contributed by atoms with Crippen molar-refractivity contribution in [2.75, 3.05) is 23.4 Å². The van der Waals surface area contributed by atoms with E-state index in [1.54, 1.807) is 12.1 Å². The van der Waals surface area contributed by atoms with Crippen LogP contribution in [0.2, 0.25) is 0 Å². The molecular formula is C24H26N2O4. The number of fused-ring (bicyclic) bond motifs is 1. The Labute approximate surface area is 176 Å². The summed E-state index contributed by atoms with van der Waals surface area (Å²) in [6.07, 6.45) is 3.93. The molecule has 156 valence electrons. The van der Waals surface area contributed by atoms with Crippen molar-refractivity contribution in [3.63, 3.8) is 0 Å². The smallest absolute Gasteiger partial charge is 0.310 e. The quantitative estimate of drug-likeness (QED) is 0.771. The standard InChI is InChI=1S/C24H26N2O4/c27-22(25-18-9-2-1-3-10-18)16-30-24(29)20-12-6-5-11-19(20)23(28)26-15-14-17-8-4-7-13-21(17)26/h1-4,7-10,13,19-20H,5-6,11-12,14-16H2,(H,25,27). The molecule has 1 aliphatic heterocycles. The Bertz CT molecular complexity index is 928. The van der Waals surface area contributed by atoms with Gasteiger partial charge in [0.25, 0.3) is 5.91 Å². The van der Waals surface area contributed by atoms with Crippen molar-refractivity contribution in [2.45, 2.75) is 32.1 Å². The van der Waals surface area contributed by atoms with Crippen molar-refractivity contribution in [1.29, 1.82) is 0 Å². The molecule has 6 heteroatoms. The number of benzene rings is 2. The number of anilines is 2. The van der Waals surface area contributed by atoms with Crippen LogP contribution in [0.5, 0.6) is 0 Å². The molecule has 1 fully saturated rings. The molecule has 2 aliphatic rings. The SMILES string of the molecule is O=C(COC(=O)C1CCCCC1C(=O)N1CCc2ccccc21)Nc1ccccc1. The molecule has 2 amide bonds. The molecule has 6 nitrogen and oxygen atoms in total. The van der Waals surface area contributed by atoms with Gasteiger partial charge in [-0.25, -0.2) is 0 Å². The Morgan fingerprint density at radius 2 is 1.63 bits per heavy atom. The summed E-state index contributed by atoms with van der Waals surface area (Å²) < 4.78 is 5.31. The molecule has 30 heavy (non-hydrogen) atoms. The van der Waals surface area contributed by atoms with Gasteiger partial charge < -0.3 is 15.0 Å². The summed E-state index contributed by atoms with van der Waals surface area (Å²) in [5.74, 6) is -1.74. The zero-order chi connectivity index (χ0) is 20.9. The number of nitrogens with one attached hydrogen (secondary N) is 1. The molecule has 1 aliphatic carbocycles. The van der Waals surface area contributed by atoms with E-state index >= 15 is 0 Å². The fourth-order valence-electron chi connectivity index (χ4n) is 4.44. The Balaban J connectivity index is 1.38. The largest absolute Gasteiger partial charge is 0.455 e. The maximum Gasteiger partial charge on any atom is 0.310 e. The molecule has 0 aromatic heterocycles. The lowest BCUT2D eigenvalue weighted by molar-refractivity contribution is -0.156. The van der Waals surface area contributed by atoms with Gasteiger partial charge in [0.1, 0.15) is 0 Å². The number of rotatable bonds is 5. The van der Waals surface area contributed by atoms with E-state index in [1.807, 2.05) is 47.4 Å². The lowest BCUT2D eigenvalue weighted by atomic mass is 9.78. The molecule has 4 rings (SSSR count). The van der Waals surface area contributed by atoms with Crippen molar-refractivity contribution in [1.82, 2.24) is 0 Å². The highest BCUT2D eigenvalue weighted by Crippen LogP contribution is 2.36. The normalized spacial score (nSPS) is 20.3. The number of hydrogen-bond donors (Lipinski definition) is 1. The highest BCUT2D eigenvalue weighted by molar-refractivity contribution is 5.99. The van der Waals surface area contributed by atoms with Crippen molar-refractivity contribution in [2.24, 2.45) is 11.8 Å². The highest BCUT2D eigenvalue weighted by Gasteiger charge is 2.40. The summed E-state index contributed by atoms with van der Waals surface area (Å²) in [6.45, 7) is 0.299. The Morgan fingerprint density at radius 3 is 2.43 bits per heavy atom. The van der Waals surface area contributed by atoms with E-state index < -0.39 is 17.8 Å². The number of esters is 1. The predicted molar refractivity (Wildman–Crippen MR) is 114 cm³/mol. The lowest BCUT2D eigenvalue weighted by Gasteiger charge is -2.32. The van der Waals surface area contributed by atoms with E-state index in [1.165, 1.54) is 5.56 Å². The summed E-state index contributed by atoms with van der Waals surface area (Å²) in [6, 6.07) is 16.9. The van der Waals surface area contributed by atoms with Crippen LogP contribution in [0.1, 0.15) is 31.2 Å². The first-order valence-electron chi connectivity index (χ1n) is 10.5. The Kier molecular flexibility index (Phi) is 6.12. The number of amides is 2. The average Bonchev–Trinajstić information content (AvgIpc) is 3.22. The molecule has 2 aromatic carbocycles. The fraction of sp³-hybridized carbons (Fsp3) is 0.375. The molecule has 0 spiro atoms. The van der Waals surface area contributed by atoms with Gasteiger partial charge in [-0.3, -0.25) is 14.4 Å². The van der Waals surface area contributed by atoms with Gasteiger partial charge in [-0.05, 0) is 43.0 Å². The van der Waals surface area contributed by atoms with Gasteiger partial charge in [-0.15, -0.1) is 0 Å². The summed E-state index contributed by atoms with van der Waals surface area (Å²) in [4.78, 5) is 40.0. The van der Waals surface area contributed by atoms with Gasteiger partial charge in [0.15, 0.2) is 6.61 Å². The summed E-state index contributed by atoms with van der Waals surface area (Å²) >= 11 is 0. The van der Waals surface area contributed by atoms with Crippen molar-refractivity contribution in [3.8, 4) is 0 Å². The van der Waals surface area contributed by atoms with Crippen molar-refractivity contribution < 1.29 is 19.1 Å². The molecule has 2 atom stereocenters. The third-order valence-corrected chi connectivity index (χ3v) is 5.94. The van der Waals surface area contributed by atoms with Gasteiger partial charge in [-0.2, -0.15) is 0 Å². The molecule has 2 aromatic rings. The molecule has 0 radical (unpaired) electrons. The maximum atomic E-state index is 13.3. The first-order chi connectivity index (χ1) is 14.6. The van der Waals surface area contributed by atoms with E-state index in [4.69, 9.17) is 4.74 Å². The third kappa shape index (κ3) is 4.37. The maximum absolute atomic E-state index is 13.3. The second-order valence-corrected chi connectivity index (χ2v) is 7.89. The van der Waals surface area contributed by atoms with Gasteiger partial charge in [-0.1, -0.05) is 49.2 Å². The minimum absolute atomic E-state index is 0.00432. The van der Waals surface area contributed by atoms with Gasteiger partial charge in [0, 0.05) is 17.9 Å². The predicted octanol–water partition coefficient (Wildman–Crippen LogP) is 3.56. The number of para-hydroxylation sites is 2. The third-order valence-electron chi connectivity index (χ3n) is 5.94. The van der Waals surface area contributed by atoms with E-state index in [0.29, 0.717) is 25.1 Å². The molecule has 0 saturated heterocycles. The second kappa shape index (κ2) is 9.11. The van der Waals surface area contributed by atoms with E-state index in [0.717, 1.165) is 24.9 Å².